The molecule has 9 nitrogen and oxygen atoms in total. The fourth-order valence-electron chi connectivity index (χ4n) is 3.69. The summed E-state index contributed by atoms with van der Waals surface area (Å²) in [7, 11) is -4.74. The summed E-state index contributed by atoms with van der Waals surface area (Å²) in [6.45, 7) is 1.97. The molecular formula is C21H21ClF3N5O4S2. The van der Waals surface area contributed by atoms with Gasteiger partial charge in [0.1, 0.15) is 0 Å². The first-order valence-corrected chi connectivity index (χ1v) is 13.3. The first kappa shape index (κ1) is 26.7. The van der Waals surface area contributed by atoms with Crippen LogP contribution in [-0.2, 0) is 26.2 Å². The highest BCUT2D eigenvalue weighted by Crippen LogP contribution is 2.34. The van der Waals surface area contributed by atoms with Gasteiger partial charge >= 0.3 is 12.1 Å². The molecule has 0 bridgehead atoms. The predicted molar refractivity (Wildman–Crippen MR) is 127 cm³/mol. The minimum absolute atomic E-state index is 0.0224. The van der Waals surface area contributed by atoms with Crippen LogP contribution in [0.4, 0.5) is 13.2 Å². The van der Waals surface area contributed by atoms with E-state index in [1.807, 2.05) is 30.3 Å². The monoisotopic (exact) mass is 563 g/mol. The predicted octanol–water partition coefficient (Wildman–Crippen LogP) is 3.32. The molecule has 2 unspecified atom stereocenters. The molecule has 2 aromatic rings. The van der Waals surface area contributed by atoms with Gasteiger partial charge in [-0.25, -0.2) is 23.6 Å². The number of benzene rings is 2. The van der Waals surface area contributed by atoms with Crippen LogP contribution in [-0.4, -0.2) is 64.9 Å². The maximum absolute atomic E-state index is 13.2. The van der Waals surface area contributed by atoms with Gasteiger partial charge in [0.2, 0.25) is 10.8 Å². The van der Waals surface area contributed by atoms with E-state index in [2.05, 4.69) is 19.6 Å². The highest BCUT2D eigenvalue weighted by Gasteiger charge is 2.50. The van der Waals surface area contributed by atoms with Crippen molar-refractivity contribution >= 4 is 44.8 Å². The summed E-state index contributed by atoms with van der Waals surface area (Å²) in [4.78, 5) is 17.9. The number of rotatable bonds is 8. The van der Waals surface area contributed by atoms with Crippen molar-refractivity contribution in [1.29, 1.82) is 0 Å². The number of nitrogens with one attached hydrogen (secondary N) is 1. The molecule has 1 N–H and O–H groups in total. The van der Waals surface area contributed by atoms with E-state index in [4.69, 9.17) is 11.6 Å². The molecule has 0 saturated carbocycles. The van der Waals surface area contributed by atoms with E-state index in [0.29, 0.717) is 31.5 Å². The minimum atomic E-state index is -5.43. The van der Waals surface area contributed by atoms with E-state index in [1.54, 1.807) is 0 Å². The number of carbonyl (C=O) groups is 1. The number of hydroxylamine groups is 1. The second-order valence-electron chi connectivity index (χ2n) is 7.95. The van der Waals surface area contributed by atoms with Crippen LogP contribution in [0.15, 0.2) is 70.0 Å². The second kappa shape index (κ2) is 10.9. The van der Waals surface area contributed by atoms with Crippen LogP contribution in [0, 0.1) is 0 Å². The lowest BCUT2D eigenvalue weighted by Gasteiger charge is -2.33. The molecule has 0 aliphatic carbocycles. The fourth-order valence-corrected chi connectivity index (χ4v) is 6.31. The zero-order chi connectivity index (χ0) is 25.9. The number of halogens is 4. The van der Waals surface area contributed by atoms with Gasteiger partial charge in [0.15, 0.2) is 0 Å². The van der Waals surface area contributed by atoms with Crippen LogP contribution >= 0.6 is 23.5 Å². The Balaban J connectivity index is 1.53. The summed E-state index contributed by atoms with van der Waals surface area (Å²) < 4.78 is 69.4. The van der Waals surface area contributed by atoms with Crippen LogP contribution < -0.4 is 5.43 Å². The molecule has 1 fully saturated rings. The average Bonchev–Trinajstić information content (AvgIpc) is 3.44. The van der Waals surface area contributed by atoms with Gasteiger partial charge in [0.25, 0.3) is 10.0 Å². The van der Waals surface area contributed by atoms with Gasteiger partial charge in [-0.15, -0.1) is 0 Å². The molecule has 1 saturated heterocycles. The van der Waals surface area contributed by atoms with Crippen molar-refractivity contribution in [2.75, 3.05) is 13.1 Å². The summed E-state index contributed by atoms with van der Waals surface area (Å²) >= 11 is 6.71. The number of hydrazine groups is 1. The van der Waals surface area contributed by atoms with Crippen molar-refractivity contribution in [2.45, 2.75) is 35.6 Å². The van der Waals surface area contributed by atoms with Crippen LogP contribution in [0.25, 0.3) is 0 Å². The van der Waals surface area contributed by atoms with Crippen LogP contribution in [0.3, 0.4) is 0 Å². The third kappa shape index (κ3) is 6.12. The molecule has 36 heavy (non-hydrogen) atoms. The van der Waals surface area contributed by atoms with Crippen molar-refractivity contribution in [1.82, 2.24) is 19.8 Å². The number of likely N-dealkylation sites (tertiary alicyclic amines) is 1. The molecule has 2 heterocycles. The number of hydrogen-bond acceptors (Lipinski definition) is 9. The van der Waals surface area contributed by atoms with Crippen molar-refractivity contribution in [3.8, 4) is 0 Å². The van der Waals surface area contributed by atoms with Gasteiger partial charge in [-0.1, -0.05) is 48.5 Å². The quantitative estimate of drug-likeness (QED) is 0.297. The van der Waals surface area contributed by atoms with E-state index < -0.39 is 27.7 Å². The lowest BCUT2D eigenvalue weighted by molar-refractivity contribution is -0.227. The standard InChI is InChI=1S/C21H21ClF3N5O4S2/c22-19-27-35-20(29(19)26-16-11-12-28(14-16)13-15-7-3-1-4-8-15)30(34-18(31)21(23,24)25)36(32,33)17-9-5-2-6-10-17/h1-10,16,20,26H,11-14H2. The molecule has 0 radical (unpaired) electrons. The Kier molecular flexibility index (Phi) is 8.12. The van der Waals surface area contributed by atoms with Gasteiger partial charge in [0, 0.05) is 42.1 Å². The Bertz CT molecular complexity index is 1210. The zero-order valence-electron chi connectivity index (χ0n) is 18.5. The highest BCUT2D eigenvalue weighted by atomic mass is 35.5. The number of carbonyl (C=O) groups excluding carboxylic acids is 1. The number of alkyl halides is 3. The number of nitrogens with zero attached hydrogens (tertiary/aromatic N) is 4. The van der Waals surface area contributed by atoms with Gasteiger partial charge in [-0.2, -0.15) is 17.6 Å². The maximum atomic E-state index is 13.2. The van der Waals surface area contributed by atoms with E-state index >= 15 is 0 Å². The molecule has 2 aliphatic rings. The molecule has 4 rings (SSSR count). The number of sulfonamides is 1. The molecule has 0 aromatic heterocycles. The molecule has 15 heteroatoms. The van der Waals surface area contributed by atoms with E-state index in [-0.39, 0.29) is 20.7 Å². The third-order valence-corrected chi connectivity index (χ3v) is 8.33. The van der Waals surface area contributed by atoms with Crippen molar-refractivity contribution in [3.05, 3.63) is 66.2 Å². The Morgan fingerprint density at radius 2 is 1.81 bits per heavy atom. The SMILES string of the molecule is O=C(ON(C1SN=C(Cl)N1NC1CCN(Cc2ccccc2)C1)S(=O)(=O)c1ccccc1)C(F)(F)F. The minimum Gasteiger partial charge on any atom is -0.342 e. The highest BCUT2D eigenvalue weighted by molar-refractivity contribution is 8.00. The van der Waals surface area contributed by atoms with Crippen LogP contribution in [0.2, 0.25) is 0 Å². The largest absolute Gasteiger partial charge is 0.492 e. The van der Waals surface area contributed by atoms with E-state index in [0.717, 1.165) is 17.1 Å². The number of hydrogen-bond donors (Lipinski definition) is 1. The summed E-state index contributed by atoms with van der Waals surface area (Å²) in [6, 6.07) is 16.2. The van der Waals surface area contributed by atoms with Gasteiger partial charge < -0.3 is 4.84 Å². The number of amidine groups is 1. The molecule has 2 aromatic carbocycles. The molecule has 0 amide bonds. The fraction of sp³-hybridized carbons (Fsp3) is 0.333. The summed E-state index contributed by atoms with van der Waals surface area (Å²) in [5.74, 6) is -2.69. The lowest BCUT2D eigenvalue weighted by Crippen LogP contribution is -2.57. The van der Waals surface area contributed by atoms with Gasteiger partial charge in [-0.05, 0) is 35.7 Å². The Morgan fingerprint density at radius 3 is 2.44 bits per heavy atom. The summed E-state index contributed by atoms with van der Waals surface area (Å²) in [6.07, 6.45) is -4.78. The Hall–Kier alpha value is -2.36. The molecular weight excluding hydrogens is 543 g/mol. The zero-order valence-corrected chi connectivity index (χ0v) is 20.9. The third-order valence-electron chi connectivity index (χ3n) is 5.35. The molecule has 0 spiro atoms. The first-order valence-electron chi connectivity index (χ1n) is 10.7. The Labute approximate surface area is 215 Å². The second-order valence-corrected chi connectivity index (χ2v) is 10.9. The molecule has 2 aliphatic heterocycles. The first-order chi connectivity index (χ1) is 17.1. The van der Waals surface area contributed by atoms with Gasteiger partial charge in [0.05, 0.1) is 4.90 Å². The maximum Gasteiger partial charge on any atom is 0.492 e. The topological polar surface area (TPSA) is 94.6 Å². The van der Waals surface area contributed by atoms with Gasteiger partial charge in [-0.3, -0.25) is 4.90 Å². The molecule has 194 valence electrons. The van der Waals surface area contributed by atoms with E-state index in [9.17, 15) is 26.4 Å². The lowest BCUT2D eigenvalue weighted by atomic mass is 10.2. The van der Waals surface area contributed by atoms with Crippen molar-refractivity contribution in [3.63, 3.8) is 0 Å². The Morgan fingerprint density at radius 1 is 1.17 bits per heavy atom. The van der Waals surface area contributed by atoms with E-state index in [1.165, 1.54) is 30.3 Å². The van der Waals surface area contributed by atoms with Crippen molar-refractivity contribution in [2.24, 2.45) is 4.40 Å². The molecule has 2 atom stereocenters. The summed E-state index contributed by atoms with van der Waals surface area (Å²) in [5.41, 5.74) is 2.60. The smallest absolute Gasteiger partial charge is 0.342 e. The van der Waals surface area contributed by atoms with Crippen LogP contribution in [0.1, 0.15) is 12.0 Å². The summed E-state index contributed by atoms with van der Waals surface area (Å²) in [5, 5.41) is 0.885. The normalized spacial score (nSPS) is 21.1. The van der Waals surface area contributed by atoms with Crippen molar-refractivity contribution < 1.29 is 31.2 Å². The average molecular weight is 564 g/mol. The van der Waals surface area contributed by atoms with Crippen LogP contribution in [0.5, 0.6) is 0 Å².